The lowest BCUT2D eigenvalue weighted by molar-refractivity contribution is -0.149. The van der Waals surface area contributed by atoms with Crippen molar-refractivity contribution in [3.8, 4) is 5.75 Å². The average molecular weight is 340 g/mol. The monoisotopic (exact) mass is 339 g/mol. The summed E-state index contributed by atoms with van der Waals surface area (Å²) in [5.74, 6) is -0.689. The second-order valence-corrected chi connectivity index (χ2v) is 6.29. The van der Waals surface area contributed by atoms with Crippen LogP contribution in [-0.4, -0.2) is 41.6 Å². The zero-order valence-electron chi connectivity index (χ0n) is 13.4. The summed E-state index contributed by atoms with van der Waals surface area (Å²) in [6, 6.07) is 5.21. The maximum Gasteiger partial charge on any atom is 0.308 e. The Morgan fingerprint density at radius 1 is 1.43 bits per heavy atom. The number of likely N-dealkylation sites (tertiary alicyclic amines) is 1. The number of carboxylic acid groups (broad SMARTS) is 1. The summed E-state index contributed by atoms with van der Waals surface area (Å²) in [5, 5.41) is 9.75. The van der Waals surface area contributed by atoms with Crippen LogP contribution in [0.3, 0.4) is 0 Å². The smallest absolute Gasteiger partial charge is 0.308 e. The second kappa shape index (κ2) is 7.68. The van der Waals surface area contributed by atoms with Gasteiger partial charge in [0, 0.05) is 19.0 Å². The molecule has 0 radical (unpaired) electrons. The van der Waals surface area contributed by atoms with E-state index in [9.17, 15) is 14.7 Å². The zero-order chi connectivity index (χ0) is 17.0. The minimum absolute atomic E-state index is 0.00427. The van der Waals surface area contributed by atoms with Crippen LogP contribution in [-0.2, 0) is 16.0 Å². The van der Waals surface area contributed by atoms with Gasteiger partial charge in [-0.2, -0.15) is 0 Å². The van der Waals surface area contributed by atoms with Gasteiger partial charge in [-0.3, -0.25) is 9.59 Å². The third-order valence-electron chi connectivity index (χ3n) is 4.47. The highest BCUT2D eigenvalue weighted by Crippen LogP contribution is 2.27. The van der Waals surface area contributed by atoms with Crippen LogP contribution in [0.25, 0.3) is 0 Å². The molecule has 1 saturated heterocycles. The summed E-state index contributed by atoms with van der Waals surface area (Å²) >= 11 is 6.09. The van der Waals surface area contributed by atoms with Crippen LogP contribution in [0.5, 0.6) is 5.75 Å². The molecule has 1 aliphatic heterocycles. The number of aryl methyl sites for hydroxylation is 1. The number of ether oxygens (including phenoxy) is 1. The van der Waals surface area contributed by atoms with Gasteiger partial charge in [0.05, 0.1) is 18.1 Å². The first-order chi connectivity index (χ1) is 10.9. The lowest BCUT2D eigenvalue weighted by Gasteiger charge is -2.37. The number of methoxy groups -OCH3 is 1. The van der Waals surface area contributed by atoms with Crippen molar-refractivity contribution in [2.24, 2.45) is 5.92 Å². The molecule has 23 heavy (non-hydrogen) atoms. The predicted octanol–water partition coefficient (Wildman–Crippen LogP) is 2.99. The molecule has 5 nitrogen and oxygen atoms in total. The lowest BCUT2D eigenvalue weighted by atomic mass is 9.90. The molecule has 1 N–H and O–H groups in total. The van der Waals surface area contributed by atoms with E-state index in [1.54, 1.807) is 24.1 Å². The van der Waals surface area contributed by atoms with E-state index in [0.29, 0.717) is 36.6 Å². The van der Waals surface area contributed by atoms with Crippen LogP contribution in [0, 0.1) is 5.92 Å². The van der Waals surface area contributed by atoms with Gasteiger partial charge in [0.1, 0.15) is 5.75 Å². The first-order valence-electron chi connectivity index (χ1n) is 7.78. The van der Waals surface area contributed by atoms with E-state index in [1.165, 1.54) is 0 Å². The van der Waals surface area contributed by atoms with Crippen molar-refractivity contribution in [1.82, 2.24) is 4.90 Å². The highest BCUT2D eigenvalue weighted by Gasteiger charge is 2.34. The van der Waals surface area contributed by atoms with Crippen molar-refractivity contribution in [2.45, 2.75) is 38.6 Å². The SMILES string of the molecule is COc1ccc(CCC(=O)N2CCC[C@H](C(=O)O)[C@@H]2C)cc1Cl. The average Bonchev–Trinajstić information content (AvgIpc) is 2.52. The van der Waals surface area contributed by atoms with Gasteiger partial charge in [-0.15, -0.1) is 0 Å². The Morgan fingerprint density at radius 3 is 2.78 bits per heavy atom. The van der Waals surface area contributed by atoms with Gasteiger partial charge in [-0.25, -0.2) is 0 Å². The summed E-state index contributed by atoms with van der Waals surface area (Å²) in [5.41, 5.74) is 0.962. The molecular formula is C17H22ClNO4. The zero-order valence-corrected chi connectivity index (χ0v) is 14.2. The Labute approximate surface area is 141 Å². The molecule has 1 aliphatic rings. The molecule has 6 heteroatoms. The van der Waals surface area contributed by atoms with Gasteiger partial charge in [0.25, 0.3) is 0 Å². The Balaban J connectivity index is 1.96. The summed E-state index contributed by atoms with van der Waals surface area (Å²) in [4.78, 5) is 25.4. The van der Waals surface area contributed by atoms with E-state index in [2.05, 4.69) is 0 Å². The number of hydrogen-bond acceptors (Lipinski definition) is 3. The third kappa shape index (κ3) is 4.16. The third-order valence-corrected chi connectivity index (χ3v) is 4.76. The standard InChI is InChI=1S/C17H22ClNO4/c1-11-13(17(21)22)4-3-9-19(11)16(20)8-6-12-5-7-15(23-2)14(18)10-12/h5,7,10-11,13H,3-4,6,8-9H2,1-2H3,(H,21,22)/t11-,13-/m0/s1. The minimum Gasteiger partial charge on any atom is -0.495 e. The molecule has 1 fully saturated rings. The topological polar surface area (TPSA) is 66.8 Å². The van der Waals surface area contributed by atoms with E-state index < -0.39 is 11.9 Å². The molecule has 1 aromatic carbocycles. The number of nitrogens with zero attached hydrogens (tertiary/aromatic N) is 1. The normalized spacial score (nSPS) is 21.1. The molecular weight excluding hydrogens is 318 g/mol. The maximum absolute atomic E-state index is 12.4. The fourth-order valence-electron chi connectivity index (χ4n) is 3.09. The first-order valence-corrected chi connectivity index (χ1v) is 8.16. The van der Waals surface area contributed by atoms with Crippen molar-refractivity contribution in [2.75, 3.05) is 13.7 Å². The highest BCUT2D eigenvalue weighted by atomic mass is 35.5. The number of carbonyl (C=O) groups is 2. The number of rotatable bonds is 5. The van der Waals surface area contributed by atoms with Gasteiger partial charge >= 0.3 is 5.97 Å². The molecule has 0 unspecified atom stereocenters. The number of piperidine rings is 1. The summed E-state index contributed by atoms with van der Waals surface area (Å²) in [7, 11) is 1.56. The molecule has 1 aromatic rings. The van der Waals surface area contributed by atoms with Gasteiger partial charge in [0.15, 0.2) is 0 Å². The van der Waals surface area contributed by atoms with Crippen LogP contribution in [0.4, 0.5) is 0 Å². The van der Waals surface area contributed by atoms with Crippen LogP contribution >= 0.6 is 11.6 Å². The van der Waals surface area contributed by atoms with Gasteiger partial charge in [0.2, 0.25) is 5.91 Å². The number of amides is 1. The molecule has 0 aromatic heterocycles. The van der Waals surface area contributed by atoms with Crippen LogP contribution in [0.1, 0.15) is 31.7 Å². The fraction of sp³-hybridized carbons (Fsp3) is 0.529. The minimum atomic E-state index is -0.822. The quantitative estimate of drug-likeness (QED) is 0.895. The van der Waals surface area contributed by atoms with Crippen LogP contribution in [0.15, 0.2) is 18.2 Å². The molecule has 0 saturated carbocycles. The van der Waals surface area contributed by atoms with Gasteiger partial charge in [-0.1, -0.05) is 17.7 Å². The highest BCUT2D eigenvalue weighted by molar-refractivity contribution is 6.32. The number of benzene rings is 1. The predicted molar refractivity (Wildman–Crippen MR) is 87.9 cm³/mol. The van der Waals surface area contributed by atoms with Gasteiger partial charge in [-0.05, 0) is 43.9 Å². The lowest BCUT2D eigenvalue weighted by Crippen LogP contribution is -2.49. The van der Waals surface area contributed by atoms with Crippen LogP contribution < -0.4 is 4.74 Å². The Kier molecular flexibility index (Phi) is 5.88. The largest absolute Gasteiger partial charge is 0.495 e. The molecule has 2 atom stereocenters. The van der Waals surface area contributed by atoms with Crippen molar-refractivity contribution in [1.29, 1.82) is 0 Å². The van der Waals surface area contributed by atoms with E-state index in [-0.39, 0.29) is 11.9 Å². The number of carboxylic acids is 1. The van der Waals surface area contributed by atoms with Crippen molar-refractivity contribution >= 4 is 23.5 Å². The molecule has 0 spiro atoms. The first kappa shape index (κ1) is 17.6. The van der Waals surface area contributed by atoms with Crippen molar-refractivity contribution in [3.63, 3.8) is 0 Å². The van der Waals surface area contributed by atoms with Crippen LogP contribution in [0.2, 0.25) is 5.02 Å². The van der Waals surface area contributed by atoms with Crippen molar-refractivity contribution in [3.05, 3.63) is 28.8 Å². The van der Waals surface area contributed by atoms with E-state index >= 15 is 0 Å². The van der Waals surface area contributed by atoms with E-state index in [0.717, 1.165) is 12.0 Å². The number of carbonyl (C=O) groups excluding carboxylic acids is 1. The second-order valence-electron chi connectivity index (χ2n) is 5.88. The molecule has 2 rings (SSSR count). The molecule has 1 heterocycles. The Bertz CT molecular complexity index is 590. The number of hydrogen-bond donors (Lipinski definition) is 1. The summed E-state index contributed by atoms with van der Waals surface area (Å²) in [6.45, 7) is 2.45. The van der Waals surface area contributed by atoms with E-state index in [4.69, 9.17) is 16.3 Å². The number of halogens is 1. The van der Waals surface area contributed by atoms with E-state index in [1.807, 2.05) is 13.0 Å². The maximum atomic E-state index is 12.4. The fourth-order valence-corrected chi connectivity index (χ4v) is 3.37. The Morgan fingerprint density at radius 2 is 2.17 bits per heavy atom. The molecule has 0 bridgehead atoms. The number of aliphatic carboxylic acids is 1. The summed E-state index contributed by atoms with van der Waals surface area (Å²) < 4.78 is 5.11. The molecule has 126 valence electrons. The molecule has 0 aliphatic carbocycles. The molecule has 1 amide bonds. The Hall–Kier alpha value is -1.75. The van der Waals surface area contributed by atoms with Crippen molar-refractivity contribution < 1.29 is 19.4 Å². The summed E-state index contributed by atoms with van der Waals surface area (Å²) in [6.07, 6.45) is 2.29. The van der Waals surface area contributed by atoms with Gasteiger partial charge < -0.3 is 14.7 Å².